The molecular formula is C17H19NO2. The summed E-state index contributed by atoms with van der Waals surface area (Å²) < 4.78 is 5.94. The van der Waals surface area contributed by atoms with Crippen LogP contribution in [0.5, 0.6) is 0 Å². The summed E-state index contributed by atoms with van der Waals surface area (Å²) >= 11 is 0. The van der Waals surface area contributed by atoms with Crippen molar-refractivity contribution >= 4 is 5.91 Å². The van der Waals surface area contributed by atoms with Crippen LogP contribution in [0.15, 0.2) is 60.7 Å². The Kier molecular flexibility index (Phi) is 4.53. The number of benzene rings is 2. The lowest BCUT2D eigenvalue weighted by molar-refractivity contribution is -0.142. The van der Waals surface area contributed by atoms with Gasteiger partial charge in [-0.1, -0.05) is 60.7 Å². The van der Waals surface area contributed by atoms with Crippen LogP contribution in [0.3, 0.4) is 0 Å². The minimum absolute atomic E-state index is 0.170. The van der Waals surface area contributed by atoms with E-state index in [0.717, 1.165) is 11.1 Å². The number of rotatable bonds is 5. The molecular weight excluding hydrogens is 250 g/mol. The minimum Gasteiger partial charge on any atom is -0.356 e. The molecule has 0 unspecified atom stereocenters. The number of ether oxygens (including phenoxy) is 1. The lowest BCUT2D eigenvalue weighted by Gasteiger charge is -2.32. The molecule has 20 heavy (non-hydrogen) atoms. The van der Waals surface area contributed by atoms with Crippen molar-refractivity contribution in [2.45, 2.75) is 12.5 Å². The molecule has 0 heterocycles. The van der Waals surface area contributed by atoms with Gasteiger partial charge < -0.3 is 10.1 Å². The highest BCUT2D eigenvalue weighted by atomic mass is 16.5. The third kappa shape index (κ3) is 2.45. The zero-order chi connectivity index (χ0) is 14.4. The molecule has 0 saturated carbocycles. The van der Waals surface area contributed by atoms with Crippen molar-refractivity contribution in [2.75, 3.05) is 13.7 Å². The van der Waals surface area contributed by atoms with E-state index in [1.165, 1.54) is 0 Å². The molecule has 2 aromatic rings. The fourth-order valence-electron chi connectivity index (χ4n) is 2.40. The number of hydrogen-bond donors (Lipinski definition) is 1. The van der Waals surface area contributed by atoms with Crippen LogP contribution in [0.1, 0.15) is 18.1 Å². The monoisotopic (exact) mass is 269 g/mol. The maximum atomic E-state index is 12.6. The maximum absolute atomic E-state index is 12.6. The molecule has 104 valence electrons. The molecule has 0 radical (unpaired) electrons. The first-order chi connectivity index (χ1) is 9.75. The summed E-state index contributed by atoms with van der Waals surface area (Å²) in [7, 11) is 1.63. The summed E-state index contributed by atoms with van der Waals surface area (Å²) in [4.78, 5) is 12.6. The van der Waals surface area contributed by atoms with E-state index in [1.54, 1.807) is 7.05 Å². The zero-order valence-corrected chi connectivity index (χ0v) is 11.8. The quantitative estimate of drug-likeness (QED) is 0.906. The number of hydrogen-bond acceptors (Lipinski definition) is 2. The van der Waals surface area contributed by atoms with Gasteiger partial charge in [0.05, 0.1) is 0 Å². The Morgan fingerprint density at radius 1 is 1.00 bits per heavy atom. The average molecular weight is 269 g/mol. The van der Waals surface area contributed by atoms with Crippen LogP contribution in [-0.2, 0) is 15.1 Å². The molecule has 0 aliphatic rings. The Bertz CT molecular complexity index is 512. The average Bonchev–Trinajstić information content (AvgIpc) is 2.53. The molecule has 3 heteroatoms. The van der Waals surface area contributed by atoms with Crippen molar-refractivity contribution in [1.29, 1.82) is 0 Å². The van der Waals surface area contributed by atoms with Crippen LogP contribution in [0.2, 0.25) is 0 Å². The molecule has 0 fully saturated rings. The number of nitrogens with one attached hydrogen (secondary N) is 1. The number of carbonyl (C=O) groups excluding carboxylic acids is 1. The Balaban J connectivity index is 2.66. The largest absolute Gasteiger partial charge is 0.356 e. The molecule has 0 aliphatic carbocycles. The molecule has 0 saturated heterocycles. The second-order valence-corrected chi connectivity index (χ2v) is 4.43. The molecule has 2 aromatic carbocycles. The summed E-state index contributed by atoms with van der Waals surface area (Å²) in [5.74, 6) is -0.170. The van der Waals surface area contributed by atoms with E-state index in [-0.39, 0.29) is 5.91 Å². The van der Waals surface area contributed by atoms with E-state index in [4.69, 9.17) is 4.74 Å². The fraction of sp³-hybridized carbons (Fsp3) is 0.235. The van der Waals surface area contributed by atoms with Gasteiger partial charge in [0.1, 0.15) is 0 Å². The van der Waals surface area contributed by atoms with Gasteiger partial charge in [-0.15, -0.1) is 0 Å². The predicted molar refractivity (Wildman–Crippen MR) is 79.4 cm³/mol. The van der Waals surface area contributed by atoms with E-state index in [2.05, 4.69) is 5.32 Å². The van der Waals surface area contributed by atoms with E-state index < -0.39 is 5.60 Å². The van der Waals surface area contributed by atoms with Crippen LogP contribution in [0.4, 0.5) is 0 Å². The Morgan fingerprint density at radius 3 is 1.80 bits per heavy atom. The predicted octanol–water partition coefficient (Wildman–Crippen LogP) is 2.71. The standard InChI is InChI=1S/C17H19NO2/c1-3-20-17(16(19)18-2,14-10-6-4-7-11-14)15-12-8-5-9-13-15/h4-13H,3H2,1-2H3,(H,18,19). The van der Waals surface area contributed by atoms with Crippen molar-refractivity contribution in [3.05, 3.63) is 71.8 Å². The molecule has 0 aromatic heterocycles. The molecule has 3 nitrogen and oxygen atoms in total. The Hall–Kier alpha value is -2.13. The molecule has 0 atom stereocenters. The van der Waals surface area contributed by atoms with Gasteiger partial charge in [-0.05, 0) is 18.1 Å². The van der Waals surface area contributed by atoms with Crippen LogP contribution in [0, 0.1) is 0 Å². The van der Waals surface area contributed by atoms with E-state index in [0.29, 0.717) is 6.61 Å². The fourth-order valence-corrected chi connectivity index (χ4v) is 2.40. The highest BCUT2D eigenvalue weighted by Gasteiger charge is 2.42. The first-order valence-electron chi connectivity index (χ1n) is 6.73. The number of likely N-dealkylation sites (N-methyl/N-ethyl adjacent to an activating group) is 1. The van der Waals surface area contributed by atoms with Crippen LogP contribution >= 0.6 is 0 Å². The number of carbonyl (C=O) groups is 1. The number of amides is 1. The lowest BCUT2D eigenvalue weighted by Crippen LogP contribution is -2.46. The SMILES string of the molecule is CCOC(C(=O)NC)(c1ccccc1)c1ccccc1. The van der Waals surface area contributed by atoms with Gasteiger partial charge in [0.2, 0.25) is 0 Å². The van der Waals surface area contributed by atoms with Gasteiger partial charge in [0, 0.05) is 13.7 Å². The summed E-state index contributed by atoms with van der Waals surface area (Å²) in [5.41, 5.74) is 0.547. The first-order valence-corrected chi connectivity index (χ1v) is 6.73. The van der Waals surface area contributed by atoms with Crippen LogP contribution in [0.25, 0.3) is 0 Å². The van der Waals surface area contributed by atoms with Crippen LogP contribution in [-0.4, -0.2) is 19.6 Å². The summed E-state index contributed by atoms with van der Waals surface area (Å²) in [5, 5.41) is 2.72. The molecule has 0 aliphatic heterocycles. The van der Waals surface area contributed by atoms with E-state index >= 15 is 0 Å². The van der Waals surface area contributed by atoms with E-state index in [1.807, 2.05) is 67.6 Å². The lowest BCUT2D eigenvalue weighted by atomic mass is 9.85. The van der Waals surface area contributed by atoms with Gasteiger partial charge in [-0.25, -0.2) is 0 Å². The summed E-state index contributed by atoms with van der Waals surface area (Å²) in [6.45, 7) is 2.33. The van der Waals surface area contributed by atoms with Gasteiger partial charge >= 0.3 is 0 Å². The Labute approximate surface area is 119 Å². The molecule has 2 rings (SSSR count). The third-order valence-corrected chi connectivity index (χ3v) is 3.27. The molecule has 1 amide bonds. The molecule has 1 N–H and O–H groups in total. The first kappa shape index (κ1) is 14.3. The van der Waals surface area contributed by atoms with Crippen molar-refractivity contribution in [1.82, 2.24) is 5.32 Å². The molecule has 0 bridgehead atoms. The van der Waals surface area contributed by atoms with Crippen molar-refractivity contribution in [2.24, 2.45) is 0 Å². The van der Waals surface area contributed by atoms with Crippen LogP contribution < -0.4 is 5.32 Å². The van der Waals surface area contributed by atoms with Gasteiger partial charge in [0.25, 0.3) is 5.91 Å². The Morgan fingerprint density at radius 2 is 1.45 bits per heavy atom. The highest BCUT2D eigenvalue weighted by Crippen LogP contribution is 2.34. The zero-order valence-electron chi connectivity index (χ0n) is 11.8. The van der Waals surface area contributed by atoms with E-state index in [9.17, 15) is 4.79 Å². The van der Waals surface area contributed by atoms with Crippen molar-refractivity contribution in [3.8, 4) is 0 Å². The minimum atomic E-state index is -1.11. The second kappa shape index (κ2) is 6.35. The molecule has 0 spiro atoms. The summed E-state index contributed by atoms with van der Waals surface area (Å²) in [6, 6.07) is 19.2. The third-order valence-electron chi connectivity index (χ3n) is 3.27. The van der Waals surface area contributed by atoms with Crippen molar-refractivity contribution in [3.63, 3.8) is 0 Å². The highest BCUT2D eigenvalue weighted by molar-refractivity contribution is 5.90. The van der Waals surface area contributed by atoms with Gasteiger partial charge in [-0.3, -0.25) is 4.79 Å². The topological polar surface area (TPSA) is 38.3 Å². The van der Waals surface area contributed by atoms with Gasteiger partial charge in [0.15, 0.2) is 5.60 Å². The van der Waals surface area contributed by atoms with Crippen molar-refractivity contribution < 1.29 is 9.53 Å². The summed E-state index contributed by atoms with van der Waals surface area (Å²) in [6.07, 6.45) is 0. The second-order valence-electron chi connectivity index (χ2n) is 4.43. The maximum Gasteiger partial charge on any atom is 0.261 e. The normalized spacial score (nSPS) is 11.1. The smallest absolute Gasteiger partial charge is 0.261 e. The van der Waals surface area contributed by atoms with Gasteiger partial charge in [-0.2, -0.15) is 0 Å².